The average molecular weight is 467 g/mol. The Hall–Kier alpha value is -4.39. The lowest BCUT2D eigenvalue weighted by Crippen LogP contribution is -2.33. The number of halogens is 1. The summed E-state index contributed by atoms with van der Waals surface area (Å²) >= 11 is 0. The van der Waals surface area contributed by atoms with Crippen LogP contribution in [0.2, 0.25) is 0 Å². The number of pyridine rings is 2. The highest BCUT2D eigenvalue weighted by molar-refractivity contribution is 6.14. The van der Waals surface area contributed by atoms with Crippen LogP contribution in [-0.2, 0) is 10.2 Å². The second-order valence-corrected chi connectivity index (χ2v) is 8.97. The van der Waals surface area contributed by atoms with Gasteiger partial charge in [-0.15, -0.1) is 0 Å². The van der Waals surface area contributed by atoms with Crippen molar-refractivity contribution in [1.29, 1.82) is 0 Å². The normalized spacial score (nSPS) is 14.1. The Morgan fingerprint density at radius 1 is 1.00 bits per heavy atom. The van der Waals surface area contributed by atoms with E-state index in [1.54, 1.807) is 36.4 Å². The second-order valence-electron chi connectivity index (χ2n) is 8.97. The molecule has 6 nitrogen and oxygen atoms in total. The van der Waals surface area contributed by atoms with Crippen LogP contribution in [0.3, 0.4) is 0 Å². The molecule has 5 rings (SSSR count). The fraction of sp³-hybridized carbons (Fsp3) is 0.143. The quantitative estimate of drug-likeness (QED) is 0.413. The van der Waals surface area contributed by atoms with Gasteiger partial charge >= 0.3 is 0 Å². The molecule has 4 aromatic rings. The minimum Gasteiger partial charge on any atom is -0.322 e. The van der Waals surface area contributed by atoms with Crippen molar-refractivity contribution in [2.45, 2.75) is 26.2 Å². The molecule has 2 aromatic heterocycles. The van der Waals surface area contributed by atoms with E-state index in [0.717, 1.165) is 22.4 Å². The van der Waals surface area contributed by atoms with Gasteiger partial charge in [-0.05, 0) is 80.4 Å². The summed E-state index contributed by atoms with van der Waals surface area (Å²) in [4.78, 5) is 37.0. The summed E-state index contributed by atoms with van der Waals surface area (Å²) in [6, 6.07) is 18.6. The molecule has 2 amide bonds. The molecule has 3 heterocycles. The summed E-state index contributed by atoms with van der Waals surface area (Å²) in [5.41, 5.74) is 3.78. The average Bonchev–Trinajstić information content (AvgIpc) is 3.06. The molecule has 0 atom stereocenters. The molecule has 0 aliphatic carbocycles. The van der Waals surface area contributed by atoms with E-state index in [0.29, 0.717) is 22.8 Å². The Morgan fingerprint density at radius 3 is 2.49 bits per heavy atom. The summed E-state index contributed by atoms with van der Waals surface area (Å²) in [5, 5.41) is 2.79. The Bertz CT molecular complexity index is 1450. The molecule has 0 radical (unpaired) electrons. The van der Waals surface area contributed by atoms with E-state index in [1.807, 2.05) is 44.2 Å². The lowest BCUT2D eigenvalue weighted by Gasteiger charge is -2.20. The number of carbonyl (C=O) groups excluding carboxylic acids is 2. The first-order valence-corrected chi connectivity index (χ1v) is 11.2. The van der Waals surface area contributed by atoms with Gasteiger partial charge < -0.3 is 5.32 Å². The maximum Gasteiger partial charge on any atom is 0.257 e. The lowest BCUT2D eigenvalue weighted by atomic mass is 9.81. The molecular formula is C28H23FN4O2. The van der Waals surface area contributed by atoms with E-state index in [9.17, 15) is 14.0 Å². The van der Waals surface area contributed by atoms with Gasteiger partial charge in [0, 0.05) is 23.6 Å². The van der Waals surface area contributed by atoms with Crippen LogP contribution in [0.4, 0.5) is 21.6 Å². The largest absolute Gasteiger partial charge is 0.322 e. The number of rotatable bonds is 4. The fourth-order valence-corrected chi connectivity index (χ4v) is 4.48. The van der Waals surface area contributed by atoms with Crippen molar-refractivity contribution in [3.8, 4) is 11.1 Å². The molecule has 0 saturated heterocycles. The molecule has 2 aromatic carbocycles. The van der Waals surface area contributed by atoms with Gasteiger partial charge in [-0.25, -0.2) is 9.37 Å². The zero-order valence-electron chi connectivity index (χ0n) is 19.5. The van der Waals surface area contributed by atoms with Crippen LogP contribution < -0.4 is 10.2 Å². The van der Waals surface area contributed by atoms with Crippen molar-refractivity contribution in [1.82, 2.24) is 9.97 Å². The highest BCUT2D eigenvalue weighted by Crippen LogP contribution is 2.49. The maximum atomic E-state index is 13.5. The molecule has 0 spiro atoms. The van der Waals surface area contributed by atoms with Crippen LogP contribution in [0.25, 0.3) is 11.1 Å². The number of nitrogens with zero attached hydrogens (tertiary/aromatic N) is 3. The number of aryl methyl sites for hydroxylation is 1. The fourth-order valence-electron chi connectivity index (χ4n) is 4.48. The topological polar surface area (TPSA) is 75.2 Å². The number of amides is 2. The zero-order valence-corrected chi connectivity index (χ0v) is 19.5. The molecule has 174 valence electrons. The maximum absolute atomic E-state index is 13.5. The molecule has 7 heteroatoms. The van der Waals surface area contributed by atoms with Crippen LogP contribution in [0.1, 0.15) is 35.5 Å². The van der Waals surface area contributed by atoms with Crippen LogP contribution >= 0.6 is 0 Å². The van der Waals surface area contributed by atoms with E-state index in [4.69, 9.17) is 0 Å². The predicted octanol–water partition coefficient (Wildman–Crippen LogP) is 5.80. The highest BCUT2D eigenvalue weighted by Gasteiger charge is 2.46. The Kier molecular flexibility index (Phi) is 5.40. The van der Waals surface area contributed by atoms with Crippen molar-refractivity contribution in [3.63, 3.8) is 0 Å². The summed E-state index contributed by atoms with van der Waals surface area (Å²) in [6.45, 7) is 5.55. The Balaban J connectivity index is 1.58. The van der Waals surface area contributed by atoms with Crippen LogP contribution in [0.5, 0.6) is 0 Å². The minimum absolute atomic E-state index is 0.0759. The van der Waals surface area contributed by atoms with Crippen LogP contribution in [0, 0.1) is 12.7 Å². The van der Waals surface area contributed by atoms with Gasteiger partial charge in [0.15, 0.2) is 0 Å². The smallest absolute Gasteiger partial charge is 0.257 e. The number of anilines is 3. The number of aromatic nitrogens is 2. The second kappa shape index (κ2) is 8.43. The third-order valence-corrected chi connectivity index (χ3v) is 6.27. The number of hydrogen-bond acceptors (Lipinski definition) is 4. The van der Waals surface area contributed by atoms with E-state index in [2.05, 4.69) is 15.3 Å². The van der Waals surface area contributed by atoms with Gasteiger partial charge in [0.1, 0.15) is 11.6 Å². The van der Waals surface area contributed by atoms with Gasteiger partial charge in [-0.2, -0.15) is 0 Å². The predicted molar refractivity (Wildman–Crippen MR) is 133 cm³/mol. The monoisotopic (exact) mass is 466 g/mol. The molecule has 0 unspecified atom stereocenters. The molecule has 1 aliphatic heterocycles. The van der Waals surface area contributed by atoms with Crippen LogP contribution in [-0.4, -0.2) is 21.8 Å². The third-order valence-electron chi connectivity index (χ3n) is 6.27. The first kappa shape index (κ1) is 22.4. The highest BCUT2D eigenvalue weighted by atomic mass is 19.1. The number of carbonyl (C=O) groups is 2. The number of hydrogen-bond donors (Lipinski definition) is 1. The van der Waals surface area contributed by atoms with Gasteiger partial charge in [0.25, 0.3) is 5.91 Å². The van der Waals surface area contributed by atoms with Crippen molar-refractivity contribution in [2.24, 2.45) is 0 Å². The van der Waals surface area contributed by atoms with E-state index >= 15 is 0 Å². The van der Waals surface area contributed by atoms with Crippen molar-refractivity contribution in [2.75, 3.05) is 10.2 Å². The van der Waals surface area contributed by atoms with E-state index < -0.39 is 5.41 Å². The molecule has 1 N–H and O–H groups in total. The zero-order chi connectivity index (χ0) is 24.7. The minimum atomic E-state index is -0.815. The standard InChI is InChI=1S/C28H23FN4O2/c1-17-22(26(34)32-20-12-10-19(29)11-13-20)15-18(16-31-17)21-7-6-8-23-25(21)28(2,3)27(35)33(23)24-9-4-5-14-30-24/h4-16H,1-3H3,(H,32,34). The van der Waals surface area contributed by atoms with Crippen molar-refractivity contribution in [3.05, 3.63) is 102 Å². The van der Waals surface area contributed by atoms with Gasteiger partial charge in [-0.1, -0.05) is 18.2 Å². The molecule has 1 aliphatic rings. The first-order chi connectivity index (χ1) is 16.8. The summed E-state index contributed by atoms with van der Waals surface area (Å²) in [5.74, 6) is -0.241. The van der Waals surface area contributed by atoms with Gasteiger partial charge in [0.05, 0.1) is 22.4 Å². The number of nitrogens with one attached hydrogen (secondary N) is 1. The van der Waals surface area contributed by atoms with Crippen LogP contribution in [0.15, 0.2) is 79.1 Å². The van der Waals surface area contributed by atoms with E-state index in [1.165, 1.54) is 24.3 Å². The van der Waals surface area contributed by atoms with Gasteiger partial charge in [-0.3, -0.25) is 19.5 Å². The SMILES string of the molecule is Cc1ncc(-c2cccc3c2C(C)(C)C(=O)N3c2ccccn2)cc1C(=O)Nc1ccc(F)cc1. The molecule has 0 bridgehead atoms. The van der Waals surface area contributed by atoms with Crippen molar-refractivity contribution < 1.29 is 14.0 Å². The van der Waals surface area contributed by atoms with Gasteiger partial charge in [0.2, 0.25) is 5.91 Å². The molecule has 35 heavy (non-hydrogen) atoms. The summed E-state index contributed by atoms with van der Waals surface area (Å²) < 4.78 is 13.2. The molecular weight excluding hydrogens is 443 g/mol. The summed E-state index contributed by atoms with van der Waals surface area (Å²) in [6.07, 6.45) is 3.37. The lowest BCUT2D eigenvalue weighted by molar-refractivity contribution is -0.121. The van der Waals surface area contributed by atoms with Crippen molar-refractivity contribution >= 4 is 29.0 Å². The first-order valence-electron chi connectivity index (χ1n) is 11.2. The number of benzene rings is 2. The van der Waals surface area contributed by atoms with E-state index in [-0.39, 0.29) is 17.6 Å². The Labute approximate surface area is 202 Å². The summed E-state index contributed by atoms with van der Waals surface area (Å²) in [7, 11) is 0. The third kappa shape index (κ3) is 3.85. The molecule has 0 saturated carbocycles. The number of fused-ring (bicyclic) bond motifs is 1. The Morgan fingerprint density at radius 2 is 1.77 bits per heavy atom. The molecule has 0 fully saturated rings.